The smallest absolute Gasteiger partial charge is 0.305 e. The largest absolute Gasteiger partial charge is 0.486 e. The number of carbonyl (C=O) groups excluding carboxylic acids is 1. The summed E-state index contributed by atoms with van der Waals surface area (Å²) < 4.78 is 31.3. The topological polar surface area (TPSA) is 44.8 Å². The quantitative estimate of drug-likeness (QED) is 0.538. The van der Waals surface area contributed by atoms with Crippen LogP contribution in [0.3, 0.4) is 0 Å². The summed E-state index contributed by atoms with van der Waals surface area (Å²) in [6.45, 7) is 1.65. The average Bonchev–Trinajstić information content (AvgIpc) is 2.62. The number of carbonyl (C=O) groups is 1. The minimum atomic E-state index is -0.997. The van der Waals surface area contributed by atoms with Crippen LogP contribution >= 0.6 is 0 Å². The van der Waals surface area contributed by atoms with Crippen molar-refractivity contribution >= 4 is 5.97 Å². The Labute approximate surface area is 152 Å². The second-order valence-corrected chi connectivity index (χ2v) is 6.53. The number of hydrogen-bond donors (Lipinski definition) is 0. The van der Waals surface area contributed by atoms with Crippen LogP contribution in [-0.4, -0.2) is 11.8 Å². The highest BCUT2D eigenvalue weighted by Gasteiger charge is 2.37. The van der Waals surface area contributed by atoms with Gasteiger partial charge >= 0.3 is 5.97 Å². The Morgan fingerprint density at radius 3 is 2.46 bits per heavy atom. The van der Waals surface area contributed by atoms with E-state index < -0.39 is 17.6 Å². The van der Waals surface area contributed by atoms with E-state index in [1.807, 2.05) is 30.3 Å². The maximum atomic E-state index is 14.4. The number of hydrogen-bond acceptors (Lipinski definition) is 4. The van der Waals surface area contributed by atoms with E-state index in [1.54, 1.807) is 6.07 Å². The van der Waals surface area contributed by atoms with Gasteiger partial charge in [-0.25, -0.2) is 4.39 Å². The molecule has 0 N–H and O–H groups in total. The van der Waals surface area contributed by atoms with E-state index in [0.29, 0.717) is 18.6 Å². The highest BCUT2D eigenvalue weighted by Crippen LogP contribution is 2.35. The van der Waals surface area contributed by atoms with Gasteiger partial charge in [-0.1, -0.05) is 36.8 Å². The fourth-order valence-electron chi connectivity index (χ4n) is 3.19. The highest BCUT2D eigenvalue weighted by atomic mass is 19.1. The fraction of sp³-hybridized carbons (Fsp3) is 0.381. The van der Waals surface area contributed by atoms with Crippen LogP contribution < -0.4 is 9.47 Å². The van der Waals surface area contributed by atoms with Crippen LogP contribution in [0.5, 0.6) is 11.5 Å². The van der Waals surface area contributed by atoms with Gasteiger partial charge in [-0.05, 0) is 30.5 Å². The molecule has 26 heavy (non-hydrogen) atoms. The zero-order chi connectivity index (χ0) is 18.4. The third kappa shape index (κ3) is 4.75. The van der Waals surface area contributed by atoms with Gasteiger partial charge in [0, 0.05) is 25.8 Å². The van der Waals surface area contributed by atoms with Gasteiger partial charge < -0.3 is 14.2 Å². The number of benzene rings is 2. The first kappa shape index (κ1) is 18.2. The van der Waals surface area contributed by atoms with Crippen LogP contribution in [0.25, 0.3) is 0 Å². The lowest BCUT2D eigenvalue weighted by Crippen LogP contribution is -2.42. The molecule has 5 heteroatoms. The molecule has 1 fully saturated rings. The van der Waals surface area contributed by atoms with Gasteiger partial charge in [-0.2, -0.15) is 0 Å². The zero-order valence-electron chi connectivity index (χ0n) is 14.9. The molecule has 0 atom stereocenters. The summed E-state index contributed by atoms with van der Waals surface area (Å²) >= 11 is 0. The van der Waals surface area contributed by atoms with Gasteiger partial charge in [-0.15, -0.1) is 0 Å². The van der Waals surface area contributed by atoms with Gasteiger partial charge in [0.1, 0.15) is 12.4 Å². The van der Waals surface area contributed by atoms with E-state index in [2.05, 4.69) is 0 Å². The molecule has 2 aromatic carbocycles. The van der Waals surface area contributed by atoms with Crippen molar-refractivity contribution in [2.75, 3.05) is 0 Å². The van der Waals surface area contributed by atoms with Gasteiger partial charge in [0.05, 0.1) is 0 Å². The second kappa shape index (κ2) is 8.21. The van der Waals surface area contributed by atoms with E-state index in [4.69, 9.17) is 14.2 Å². The molecule has 1 saturated carbocycles. The maximum Gasteiger partial charge on any atom is 0.305 e. The summed E-state index contributed by atoms with van der Waals surface area (Å²) in [6.07, 6.45) is 4.12. The highest BCUT2D eigenvalue weighted by molar-refractivity contribution is 5.66. The summed E-state index contributed by atoms with van der Waals surface area (Å²) in [5.74, 6) is -1.41. The maximum absolute atomic E-state index is 14.4. The summed E-state index contributed by atoms with van der Waals surface area (Å²) in [7, 11) is 0. The van der Waals surface area contributed by atoms with E-state index in [1.165, 1.54) is 19.1 Å². The summed E-state index contributed by atoms with van der Waals surface area (Å²) in [6, 6.07) is 14.0. The SMILES string of the molecule is CC(=O)OC1(Oc2ccc(OCc3ccccc3)c(F)c2)CCCCC1. The van der Waals surface area contributed by atoms with Crippen LogP contribution in [-0.2, 0) is 16.1 Å². The molecule has 4 nitrogen and oxygen atoms in total. The number of rotatable bonds is 6. The normalized spacial score (nSPS) is 15.9. The Hall–Kier alpha value is -2.56. The third-order valence-electron chi connectivity index (χ3n) is 4.39. The first-order valence-electron chi connectivity index (χ1n) is 8.91. The van der Waals surface area contributed by atoms with Crippen LogP contribution in [0.2, 0.25) is 0 Å². The Bertz CT molecular complexity index is 739. The summed E-state index contributed by atoms with van der Waals surface area (Å²) in [4.78, 5) is 11.5. The molecule has 0 heterocycles. The molecule has 0 aliphatic heterocycles. The Balaban J connectivity index is 1.68. The van der Waals surface area contributed by atoms with Gasteiger partial charge in [-0.3, -0.25) is 4.79 Å². The van der Waals surface area contributed by atoms with Crippen LogP contribution in [0.4, 0.5) is 4.39 Å². The first-order valence-corrected chi connectivity index (χ1v) is 8.91. The van der Waals surface area contributed by atoms with Crippen molar-refractivity contribution in [1.29, 1.82) is 0 Å². The van der Waals surface area contributed by atoms with Gasteiger partial charge in [0.15, 0.2) is 11.6 Å². The Kier molecular flexibility index (Phi) is 5.76. The molecule has 0 spiro atoms. The second-order valence-electron chi connectivity index (χ2n) is 6.53. The van der Waals surface area contributed by atoms with Crippen molar-refractivity contribution in [1.82, 2.24) is 0 Å². The minimum absolute atomic E-state index is 0.159. The Morgan fingerprint density at radius 2 is 1.81 bits per heavy atom. The average molecular weight is 358 g/mol. The lowest BCUT2D eigenvalue weighted by molar-refractivity contribution is -0.206. The number of ether oxygens (including phenoxy) is 3. The third-order valence-corrected chi connectivity index (χ3v) is 4.39. The summed E-state index contributed by atoms with van der Waals surface area (Å²) in [5.41, 5.74) is 0.961. The van der Waals surface area contributed by atoms with Crippen molar-refractivity contribution in [2.45, 2.75) is 51.4 Å². The van der Waals surface area contributed by atoms with Gasteiger partial charge in [0.2, 0.25) is 0 Å². The molecule has 0 amide bonds. The molecule has 138 valence electrons. The number of halogens is 1. The van der Waals surface area contributed by atoms with Crippen molar-refractivity contribution in [3.63, 3.8) is 0 Å². The van der Waals surface area contributed by atoms with E-state index in [0.717, 1.165) is 24.8 Å². The molecular weight excluding hydrogens is 335 g/mol. The Morgan fingerprint density at radius 1 is 1.08 bits per heavy atom. The van der Waals surface area contributed by atoms with Crippen molar-refractivity contribution < 1.29 is 23.4 Å². The van der Waals surface area contributed by atoms with Crippen molar-refractivity contribution in [3.8, 4) is 11.5 Å². The molecule has 1 aliphatic rings. The first-order chi connectivity index (χ1) is 12.6. The fourth-order valence-corrected chi connectivity index (χ4v) is 3.19. The van der Waals surface area contributed by atoms with Gasteiger partial charge in [0.25, 0.3) is 5.79 Å². The predicted molar refractivity (Wildman–Crippen MR) is 95.4 cm³/mol. The van der Waals surface area contributed by atoms with Crippen LogP contribution in [0.15, 0.2) is 48.5 Å². The standard InChI is InChI=1S/C21H23FO4/c1-16(23)25-21(12-6-3-7-13-21)26-18-10-11-20(19(22)14-18)24-15-17-8-4-2-5-9-17/h2,4-5,8-11,14H,3,6-7,12-13,15H2,1H3. The molecule has 2 aromatic rings. The minimum Gasteiger partial charge on any atom is -0.486 e. The summed E-state index contributed by atoms with van der Waals surface area (Å²) in [5, 5.41) is 0. The molecule has 1 aliphatic carbocycles. The lowest BCUT2D eigenvalue weighted by atomic mass is 9.94. The van der Waals surface area contributed by atoms with E-state index >= 15 is 0 Å². The van der Waals surface area contributed by atoms with Crippen molar-refractivity contribution in [3.05, 3.63) is 59.9 Å². The van der Waals surface area contributed by atoms with E-state index in [-0.39, 0.29) is 12.4 Å². The molecule has 3 rings (SSSR count). The molecule has 0 radical (unpaired) electrons. The number of esters is 1. The molecule has 0 saturated heterocycles. The monoisotopic (exact) mass is 358 g/mol. The molecular formula is C21H23FO4. The van der Waals surface area contributed by atoms with E-state index in [9.17, 15) is 9.18 Å². The van der Waals surface area contributed by atoms with Crippen LogP contribution in [0.1, 0.15) is 44.6 Å². The van der Waals surface area contributed by atoms with Crippen molar-refractivity contribution in [2.24, 2.45) is 0 Å². The zero-order valence-corrected chi connectivity index (χ0v) is 14.9. The van der Waals surface area contributed by atoms with Crippen LogP contribution in [0, 0.1) is 5.82 Å². The molecule has 0 unspecified atom stereocenters. The molecule has 0 aromatic heterocycles. The lowest BCUT2D eigenvalue weighted by Gasteiger charge is -2.36. The predicted octanol–water partition coefficient (Wildman–Crippen LogP) is 5.01. The molecule has 0 bridgehead atoms.